The Kier molecular flexibility index (Phi) is 3.60. The molecule has 0 aliphatic carbocycles. The summed E-state index contributed by atoms with van der Waals surface area (Å²) in [6.07, 6.45) is -0.118. The monoisotopic (exact) mass is 260 g/mol. The predicted octanol–water partition coefficient (Wildman–Crippen LogP) is 3.20. The van der Waals surface area contributed by atoms with E-state index in [4.69, 9.17) is 14.3 Å². The van der Waals surface area contributed by atoms with Gasteiger partial charge < -0.3 is 14.3 Å². The Morgan fingerprint density at radius 3 is 2.68 bits per heavy atom. The third kappa shape index (κ3) is 2.78. The van der Waals surface area contributed by atoms with E-state index in [1.54, 1.807) is 19.2 Å². The number of benzene rings is 1. The topological polar surface area (TPSA) is 59.7 Å². The Morgan fingerprint density at radius 1 is 1.32 bits per heavy atom. The molecule has 0 atom stereocenters. The molecule has 19 heavy (non-hydrogen) atoms. The third-order valence-electron chi connectivity index (χ3n) is 2.88. The minimum atomic E-state index is -0.909. The summed E-state index contributed by atoms with van der Waals surface area (Å²) in [6.45, 7) is 3.97. The van der Waals surface area contributed by atoms with Crippen molar-refractivity contribution < 1.29 is 19.1 Å². The van der Waals surface area contributed by atoms with Crippen LogP contribution in [-0.4, -0.2) is 18.2 Å². The van der Waals surface area contributed by atoms with Crippen LogP contribution in [0, 0.1) is 13.8 Å². The zero-order valence-corrected chi connectivity index (χ0v) is 11.2. The van der Waals surface area contributed by atoms with Gasteiger partial charge in [0.1, 0.15) is 23.7 Å². The second-order valence-corrected chi connectivity index (χ2v) is 4.50. The molecule has 0 bridgehead atoms. The first-order valence-corrected chi connectivity index (χ1v) is 5.97. The van der Waals surface area contributed by atoms with E-state index in [2.05, 4.69) is 0 Å². The molecule has 1 heterocycles. The summed E-state index contributed by atoms with van der Waals surface area (Å²) in [5, 5.41) is 8.75. The molecule has 1 aromatic carbocycles. The summed E-state index contributed by atoms with van der Waals surface area (Å²) in [6, 6.07) is 7.45. The number of rotatable bonds is 4. The van der Waals surface area contributed by atoms with Crippen molar-refractivity contribution in [2.24, 2.45) is 0 Å². The summed E-state index contributed by atoms with van der Waals surface area (Å²) in [7, 11) is 1.61. The van der Waals surface area contributed by atoms with Crippen LogP contribution in [0.2, 0.25) is 0 Å². The Labute approximate surface area is 111 Å². The van der Waals surface area contributed by atoms with Crippen LogP contribution in [0.5, 0.6) is 5.75 Å². The number of carboxylic acids is 1. The molecule has 0 unspecified atom stereocenters. The number of carboxylic acid groups (broad SMARTS) is 1. The van der Waals surface area contributed by atoms with Gasteiger partial charge in [0.15, 0.2) is 0 Å². The molecule has 4 heteroatoms. The minimum absolute atomic E-state index is 0.118. The molecule has 0 radical (unpaired) electrons. The number of methoxy groups -OCH3 is 1. The van der Waals surface area contributed by atoms with Crippen LogP contribution in [0.25, 0.3) is 11.3 Å². The minimum Gasteiger partial charge on any atom is -0.496 e. The van der Waals surface area contributed by atoms with Gasteiger partial charge in [0, 0.05) is 0 Å². The van der Waals surface area contributed by atoms with Gasteiger partial charge in [-0.15, -0.1) is 0 Å². The van der Waals surface area contributed by atoms with Crippen LogP contribution in [0.1, 0.15) is 16.9 Å². The number of ether oxygens (including phenoxy) is 1. The summed E-state index contributed by atoms with van der Waals surface area (Å²) in [4.78, 5) is 10.7. The van der Waals surface area contributed by atoms with E-state index in [9.17, 15) is 4.79 Å². The van der Waals surface area contributed by atoms with Gasteiger partial charge in [0.2, 0.25) is 0 Å². The van der Waals surface area contributed by atoms with Gasteiger partial charge in [-0.2, -0.15) is 0 Å². The van der Waals surface area contributed by atoms with Gasteiger partial charge in [0.25, 0.3) is 0 Å². The van der Waals surface area contributed by atoms with Gasteiger partial charge >= 0.3 is 5.97 Å². The van der Waals surface area contributed by atoms with E-state index in [0.717, 1.165) is 22.4 Å². The highest BCUT2D eigenvalue weighted by molar-refractivity contribution is 5.71. The first kappa shape index (κ1) is 13.2. The lowest BCUT2D eigenvalue weighted by atomic mass is 10.0. The quantitative estimate of drug-likeness (QED) is 0.917. The predicted molar refractivity (Wildman–Crippen MR) is 71.5 cm³/mol. The van der Waals surface area contributed by atoms with Crippen LogP contribution >= 0.6 is 0 Å². The molecule has 0 aliphatic rings. The Balaban J connectivity index is 2.46. The fourth-order valence-electron chi connectivity index (χ4n) is 2.18. The van der Waals surface area contributed by atoms with Crippen molar-refractivity contribution in [3.8, 4) is 17.1 Å². The average Bonchev–Trinajstić information content (AvgIpc) is 2.75. The number of carbonyl (C=O) groups is 1. The number of aryl methyl sites for hydroxylation is 2. The SMILES string of the molecule is COc1c(C)cc(C)cc1-c1ccc(CC(=O)O)o1. The van der Waals surface area contributed by atoms with Crippen LogP contribution in [-0.2, 0) is 11.2 Å². The van der Waals surface area contributed by atoms with E-state index in [1.807, 2.05) is 26.0 Å². The molecule has 0 aliphatic heterocycles. The maximum absolute atomic E-state index is 10.7. The van der Waals surface area contributed by atoms with Crippen LogP contribution in [0.3, 0.4) is 0 Å². The van der Waals surface area contributed by atoms with E-state index < -0.39 is 5.97 Å². The molecule has 4 nitrogen and oxygen atoms in total. The van der Waals surface area contributed by atoms with Gasteiger partial charge in [-0.05, 0) is 43.2 Å². The number of furan rings is 1. The molecule has 0 amide bonds. The van der Waals surface area contributed by atoms with E-state index in [-0.39, 0.29) is 6.42 Å². The highest BCUT2D eigenvalue weighted by atomic mass is 16.5. The lowest BCUT2D eigenvalue weighted by Gasteiger charge is -2.11. The van der Waals surface area contributed by atoms with E-state index >= 15 is 0 Å². The molecule has 100 valence electrons. The average molecular weight is 260 g/mol. The zero-order valence-electron chi connectivity index (χ0n) is 11.2. The number of hydrogen-bond acceptors (Lipinski definition) is 3. The number of hydrogen-bond donors (Lipinski definition) is 1. The molecule has 0 fully saturated rings. The second-order valence-electron chi connectivity index (χ2n) is 4.50. The number of aliphatic carboxylic acids is 1. The van der Waals surface area contributed by atoms with Crippen molar-refractivity contribution in [3.05, 3.63) is 41.2 Å². The molecular formula is C15H16O4. The summed E-state index contributed by atoms with van der Waals surface area (Å²) in [5.41, 5.74) is 2.97. The summed E-state index contributed by atoms with van der Waals surface area (Å²) < 4.78 is 11.0. The van der Waals surface area contributed by atoms with E-state index in [0.29, 0.717) is 11.5 Å². The van der Waals surface area contributed by atoms with Crippen molar-refractivity contribution in [2.45, 2.75) is 20.3 Å². The van der Waals surface area contributed by atoms with Crippen LogP contribution < -0.4 is 4.74 Å². The smallest absolute Gasteiger partial charge is 0.311 e. The highest BCUT2D eigenvalue weighted by Crippen LogP contribution is 2.35. The fourth-order valence-corrected chi connectivity index (χ4v) is 2.18. The Morgan fingerprint density at radius 2 is 2.05 bits per heavy atom. The lowest BCUT2D eigenvalue weighted by Crippen LogP contribution is -1.98. The molecule has 2 rings (SSSR count). The maximum atomic E-state index is 10.7. The molecule has 0 saturated carbocycles. The van der Waals surface area contributed by atoms with Gasteiger partial charge in [-0.1, -0.05) is 6.07 Å². The molecule has 1 N–H and O–H groups in total. The molecule has 0 saturated heterocycles. The fraction of sp³-hybridized carbons (Fsp3) is 0.267. The van der Waals surface area contributed by atoms with Crippen LogP contribution in [0.15, 0.2) is 28.7 Å². The van der Waals surface area contributed by atoms with Crippen LogP contribution in [0.4, 0.5) is 0 Å². The second kappa shape index (κ2) is 5.18. The standard InChI is InChI=1S/C15H16O4/c1-9-6-10(2)15(18-3)12(7-9)13-5-4-11(19-13)8-14(16)17/h4-7H,8H2,1-3H3,(H,16,17). The van der Waals surface area contributed by atoms with Gasteiger partial charge in [0.05, 0.1) is 12.7 Å². The van der Waals surface area contributed by atoms with Crippen molar-refractivity contribution in [2.75, 3.05) is 7.11 Å². The van der Waals surface area contributed by atoms with Crippen molar-refractivity contribution in [1.82, 2.24) is 0 Å². The lowest BCUT2D eigenvalue weighted by molar-refractivity contribution is -0.136. The molecule has 1 aromatic heterocycles. The largest absolute Gasteiger partial charge is 0.496 e. The Hall–Kier alpha value is -2.23. The molecular weight excluding hydrogens is 244 g/mol. The Bertz CT molecular complexity index is 611. The van der Waals surface area contributed by atoms with Gasteiger partial charge in [-0.3, -0.25) is 4.79 Å². The molecule has 2 aromatic rings. The van der Waals surface area contributed by atoms with Gasteiger partial charge in [-0.25, -0.2) is 0 Å². The first-order chi connectivity index (χ1) is 9.01. The van der Waals surface area contributed by atoms with Crippen molar-refractivity contribution in [3.63, 3.8) is 0 Å². The van der Waals surface area contributed by atoms with Crippen molar-refractivity contribution in [1.29, 1.82) is 0 Å². The van der Waals surface area contributed by atoms with E-state index in [1.165, 1.54) is 0 Å². The maximum Gasteiger partial charge on any atom is 0.311 e. The highest BCUT2D eigenvalue weighted by Gasteiger charge is 2.14. The third-order valence-corrected chi connectivity index (χ3v) is 2.88. The molecule has 0 spiro atoms. The zero-order chi connectivity index (χ0) is 14.0. The first-order valence-electron chi connectivity index (χ1n) is 5.97. The summed E-state index contributed by atoms with van der Waals surface area (Å²) >= 11 is 0. The summed E-state index contributed by atoms with van der Waals surface area (Å²) in [5.74, 6) is 0.902. The van der Waals surface area contributed by atoms with Crippen molar-refractivity contribution >= 4 is 5.97 Å². The normalized spacial score (nSPS) is 10.5.